The molecule has 0 amide bonds. The number of halogens is 2. The SMILES string of the molecule is CC(C)c1cc(Oc2c(Br)cc(CC(=O)O)cc2Br)nn(C)c1=O. The van der Waals surface area contributed by atoms with E-state index in [0.717, 1.165) is 0 Å². The molecule has 1 heterocycles. The minimum Gasteiger partial charge on any atom is -0.481 e. The van der Waals surface area contributed by atoms with Gasteiger partial charge in [0, 0.05) is 18.7 Å². The van der Waals surface area contributed by atoms with E-state index in [1.165, 1.54) is 4.68 Å². The van der Waals surface area contributed by atoms with Crippen LogP contribution < -0.4 is 10.3 Å². The molecular weight excluding hydrogens is 444 g/mol. The predicted molar refractivity (Wildman–Crippen MR) is 96.8 cm³/mol. The highest BCUT2D eigenvalue weighted by atomic mass is 79.9. The van der Waals surface area contributed by atoms with Crippen molar-refractivity contribution in [2.24, 2.45) is 7.05 Å². The van der Waals surface area contributed by atoms with Crippen molar-refractivity contribution in [2.75, 3.05) is 0 Å². The van der Waals surface area contributed by atoms with Gasteiger partial charge >= 0.3 is 5.97 Å². The van der Waals surface area contributed by atoms with Crippen molar-refractivity contribution in [3.05, 3.63) is 48.6 Å². The third-order valence-electron chi connectivity index (χ3n) is 3.31. The lowest BCUT2D eigenvalue weighted by atomic mass is 10.1. The Labute approximate surface area is 155 Å². The van der Waals surface area contributed by atoms with E-state index in [4.69, 9.17) is 9.84 Å². The molecule has 2 rings (SSSR count). The van der Waals surface area contributed by atoms with E-state index < -0.39 is 5.97 Å². The Balaban J connectivity index is 2.42. The molecule has 8 heteroatoms. The Morgan fingerprint density at radius 3 is 2.38 bits per heavy atom. The van der Waals surface area contributed by atoms with Crippen LogP contribution in [0.5, 0.6) is 11.6 Å². The first kappa shape index (κ1) is 18.7. The Bertz CT molecular complexity index is 823. The van der Waals surface area contributed by atoms with E-state index in [1.807, 2.05) is 13.8 Å². The largest absolute Gasteiger partial charge is 0.481 e. The zero-order chi connectivity index (χ0) is 18.0. The van der Waals surface area contributed by atoms with E-state index in [2.05, 4.69) is 37.0 Å². The second kappa shape index (κ2) is 7.48. The molecule has 1 aromatic heterocycles. The number of hydrogen-bond donors (Lipinski definition) is 1. The van der Waals surface area contributed by atoms with Crippen molar-refractivity contribution in [1.82, 2.24) is 9.78 Å². The summed E-state index contributed by atoms with van der Waals surface area (Å²) in [5, 5.41) is 13.0. The molecule has 0 bridgehead atoms. The zero-order valence-electron chi connectivity index (χ0n) is 13.3. The molecule has 0 aliphatic carbocycles. The third kappa shape index (κ3) is 4.24. The molecule has 24 heavy (non-hydrogen) atoms. The fourth-order valence-corrected chi connectivity index (χ4v) is 3.60. The van der Waals surface area contributed by atoms with Crippen LogP contribution in [0, 0.1) is 0 Å². The highest BCUT2D eigenvalue weighted by Gasteiger charge is 2.15. The fourth-order valence-electron chi connectivity index (χ4n) is 2.16. The molecule has 6 nitrogen and oxygen atoms in total. The monoisotopic (exact) mass is 458 g/mol. The number of nitrogens with zero attached hydrogens (tertiary/aromatic N) is 2. The normalized spacial score (nSPS) is 10.9. The van der Waals surface area contributed by atoms with Gasteiger partial charge in [0.1, 0.15) is 0 Å². The summed E-state index contributed by atoms with van der Waals surface area (Å²) in [6, 6.07) is 4.98. The average Bonchev–Trinajstić information content (AvgIpc) is 2.45. The molecule has 128 valence electrons. The lowest BCUT2D eigenvalue weighted by Gasteiger charge is -2.13. The van der Waals surface area contributed by atoms with Crippen LogP contribution in [0.4, 0.5) is 0 Å². The second-order valence-corrected chi connectivity index (χ2v) is 7.29. The molecule has 0 radical (unpaired) electrons. The van der Waals surface area contributed by atoms with Crippen molar-refractivity contribution in [2.45, 2.75) is 26.2 Å². The van der Waals surface area contributed by atoms with Crippen molar-refractivity contribution < 1.29 is 14.6 Å². The molecule has 0 saturated heterocycles. The van der Waals surface area contributed by atoms with Crippen molar-refractivity contribution >= 4 is 37.8 Å². The summed E-state index contributed by atoms with van der Waals surface area (Å²) in [7, 11) is 1.57. The number of aryl methyl sites for hydroxylation is 1. The number of aromatic nitrogens is 2. The molecule has 0 unspecified atom stereocenters. The van der Waals surface area contributed by atoms with Gasteiger partial charge in [-0.05, 0) is 55.5 Å². The maximum atomic E-state index is 12.1. The molecule has 1 N–H and O–H groups in total. The Morgan fingerprint density at radius 2 is 1.88 bits per heavy atom. The lowest BCUT2D eigenvalue weighted by Crippen LogP contribution is -2.24. The van der Waals surface area contributed by atoms with Gasteiger partial charge in [-0.15, -0.1) is 5.10 Å². The Morgan fingerprint density at radius 1 is 1.29 bits per heavy atom. The predicted octanol–water partition coefficient (Wildman–Crippen LogP) is 3.85. The minimum atomic E-state index is -0.913. The average molecular weight is 460 g/mol. The first-order valence-corrected chi connectivity index (χ1v) is 8.73. The zero-order valence-corrected chi connectivity index (χ0v) is 16.5. The van der Waals surface area contributed by atoms with E-state index in [9.17, 15) is 9.59 Å². The molecule has 0 spiro atoms. The minimum absolute atomic E-state index is 0.0406. The number of benzene rings is 1. The van der Waals surface area contributed by atoms with Crippen molar-refractivity contribution in [1.29, 1.82) is 0 Å². The van der Waals surface area contributed by atoms with Gasteiger partial charge in [0.2, 0.25) is 5.88 Å². The van der Waals surface area contributed by atoms with Crippen LogP contribution in [-0.4, -0.2) is 20.9 Å². The highest BCUT2D eigenvalue weighted by molar-refractivity contribution is 9.11. The van der Waals surface area contributed by atoms with Gasteiger partial charge in [0.05, 0.1) is 15.4 Å². The summed E-state index contributed by atoms with van der Waals surface area (Å²) in [6.45, 7) is 3.85. The van der Waals surface area contributed by atoms with Gasteiger partial charge in [-0.25, -0.2) is 4.68 Å². The molecule has 0 saturated carbocycles. The number of carboxylic acids is 1. The summed E-state index contributed by atoms with van der Waals surface area (Å²) in [4.78, 5) is 22.9. The van der Waals surface area contributed by atoms with E-state index in [1.54, 1.807) is 25.2 Å². The topological polar surface area (TPSA) is 81.4 Å². The first-order chi connectivity index (χ1) is 11.2. The van der Waals surface area contributed by atoms with E-state index in [-0.39, 0.29) is 23.8 Å². The van der Waals surface area contributed by atoms with Crippen LogP contribution in [0.2, 0.25) is 0 Å². The number of ether oxygens (including phenoxy) is 1. The maximum Gasteiger partial charge on any atom is 0.307 e. The van der Waals surface area contributed by atoms with Gasteiger partial charge in [0.15, 0.2) is 5.75 Å². The van der Waals surface area contributed by atoms with Gasteiger partial charge in [-0.2, -0.15) is 0 Å². The third-order valence-corrected chi connectivity index (χ3v) is 4.49. The molecular formula is C16H16Br2N2O4. The second-order valence-electron chi connectivity index (χ2n) is 5.58. The van der Waals surface area contributed by atoms with Crippen molar-refractivity contribution in [3.8, 4) is 11.6 Å². The molecule has 0 aliphatic rings. The smallest absolute Gasteiger partial charge is 0.307 e. The molecule has 0 fully saturated rings. The summed E-state index contributed by atoms with van der Waals surface area (Å²) >= 11 is 6.76. The Hall–Kier alpha value is -1.67. The summed E-state index contributed by atoms with van der Waals surface area (Å²) < 4.78 is 8.24. The maximum absolute atomic E-state index is 12.1. The van der Waals surface area contributed by atoms with Crippen LogP contribution in [0.3, 0.4) is 0 Å². The number of aliphatic carboxylic acids is 1. The van der Waals surface area contributed by atoms with Crippen LogP contribution in [0.25, 0.3) is 0 Å². The number of carboxylic acid groups (broad SMARTS) is 1. The number of hydrogen-bond acceptors (Lipinski definition) is 4. The molecule has 1 aromatic carbocycles. The van der Waals surface area contributed by atoms with Crippen LogP contribution in [0.15, 0.2) is 31.9 Å². The molecule has 0 aliphatic heterocycles. The number of rotatable bonds is 5. The first-order valence-electron chi connectivity index (χ1n) is 7.15. The van der Waals surface area contributed by atoms with E-state index in [0.29, 0.717) is 25.8 Å². The summed E-state index contributed by atoms with van der Waals surface area (Å²) in [5.41, 5.74) is 1.08. The highest BCUT2D eigenvalue weighted by Crippen LogP contribution is 2.37. The quantitative estimate of drug-likeness (QED) is 0.734. The van der Waals surface area contributed by atoms with Crippen molar-refractivity contribution in [3.63, 3.8) is 0 Å². The number of carbonyl (C=O) groups is 1. The molecule has 2 aromatic rings. The lowest BCUT2D eigenvalue weighted by molar-refractivity contribution is -0.136. The van der Waals surface area contributed by atoms with Gasteiger partial charge < -0.3 is 9.84 Å². The molecule has 0 atom stereocenters. The van der Waals surface area contributed by atoms with Gasteiger partial charge in [0.25, 0.3) is 5.56 Å². The van der Waals surface area contributed by atoms with Gasteiger partial charge in [-0.1, -0.05) is 13.8 Å². The Kier molecular flexibility index (Phi) is 5.82. The summed E-state index contributed by atoms with van der Waals surface area (Å²) in [5.74, 6) is -0.124. The summed E-state index contributed by atoms with van der Waals surface area (Å²) in [6.07, 6.45) is -0.0902. The fraction of sp³-hybridized carbons (Fsp3) is 0.312. The van der Waals surface area contributed by atoms with Crippen LogP contribution >= 0.6 is 31.9 Å². The van der Waals surface area contributed by atoms with Crippen LogP contribution in [-0.2, 0) is 18.3 Å². The van der Waals surface area contributed by atoms with Crippen LogP contribution in [0.1, 0.15) is 30.9 Å². The standard InChI is InChI=1S/C16H16Br2N2O4/c1-8(2)10-7-13(19-20(3)16(10)23)24-15-11(17)4-9(5-12(15)18)6-14(21)22/h4-5,7-8H,6H2,1-3H3,(H,21,22). The van der Waals surface area contributed by atoms with E-state index >= 15 is 0 Å². The van der Waals surface area contributed by atoms with Gasteiger partial charge in [-0.3, -0.25) is 9.59 Å².